The van der Waals surface area contributed by atoms with Crippen molar-refractivity contribution in [1.29, 1.82) is 0 Å². The van der Waals surface area contributed by atoms with Crippen LogP contribution >= 0.6 is 11.8 Å². The van der Waals surface area contributed by atoms with Gasteiger partial charge in [-0.2, -0.15) is 0 Å². The Labute approximate surface area is 160 Å². The Morgan fingerprint density at radius 2 is 2.00 bits per heavy atom. The van der Waals surface area contributed by atoms with E-state index in [9.17, 15) is 9.18 Å². The van der Waals surface area contributed by atoms with E-state index in [1.165, 1.54) is 17.8 Å². The van der Waals surface area contributed by atoms with E-state index in [0.29, 0.717) is 29.5 Å². The van der Waals surface area contributed by atoms with E-state index in [4.69, 9.17) is 4.74 Å². The smallest absolute Gasteiger partial charge is 0.230 e. The molecular weight excluding hydrogens is 367 g/mol. The van der Waals surface area contributed by atoms with Crippen molar-refractivity contribution in [2.45, 2.75) is 11.6 Å². The lowest BCUT2D eigenvalue weighted by Crippen LogP contribution is -2.27. The predicted octanol–water partition coefficient (Wildman–Crippen LogP) is 3.07. The van der Waals surface area contributed by atoms with Crippen LogP contribution in [0.15, 0.2) is 53.7 Å². The Kier molecular flexibility index (Phi) is 6.43. The average Bonchev–Trinajstić information content (AvgIpc) is 3.17. The fourth-order valence-electron chi connectivity index (χ4n) is 2.41. The quantitative estimate of drug-likeness (QED) is 0.582. The molecule has 0 aliphatic heterocycles. The highest BCUT2D eigenvalue weighted by molar-refractivity contribution is 7.99. The Balaban J connectivity index is 1.45. The maximum Gasteiger partial charge on any atom is 0.230 e. The van der Waals surface area contributed by atoms with E-state index in [0.717, 1.165) is 11.3 Å². The van der Waals surface area contributed by atoms with Crippen molar-refractivity contribution in [1.82, 2.24) is 20.5 Å². The molecule has 27 heavy (non-hydrogen) atoms. The molecule has 0 saturated carbocycles. The molecule has 1 aromatic heterocycles. The molecule has 0 spiro atoms. The molecule has 0 radical (unpaired) electrons. The van der Waals surface area contributed by atoms with Gasteiger partial charge in [0.05, 0.1) is 12.9 Å². The van der Waals surface area contributed by atoms with Gasteiger partial charge in [-0.05, 0) is 42.3 Å². The molecule has 8 heteroatoms. The van der Waals surface area contributed by atoms with Crippen LogP contribution in [0.2, 0.25) is 0 Å². The summed E-state index contributed by atoms with van der Waals surface area (Å²) in [6.45, 7) is 0.380. The van der Waals surface area contributed by atoms with E-state index in [-0.39, 0.29) is 17.5 Å². The van der Waals surface area contributed by atoms with Crippen LogP contribution < -0.4 is 10.1 Å². The molecule has 0 aliphatic carbocycles. The van der Waals surface area contributed by atoms with E-state index in [1.54, 1.807) is 25.3 Å². The Morgan fingerprint density at radius 3 is 2.74 bits per heavy atom. The zero-order valence-corrected chi connectivity index (χ0v) is 15.6. The molecule has 6 nitrogen and oxygen atoms in total. The summed E-state index contributed by atoms with van der Waals surface area (Å²) in [5, 5.41) is 10.2. The topological polar surface area (TPSA) is 79.9 Å². The first-order valence-corrected chi connectivity index (χ1v) is 9.34. The standard InChI is InChI=1S/C19H19FN4O2S/c1-26-15-8-6-14(7-9-15)18-22-19(24-23-18)27-12-17(25)21-11-10-13-4-2-3-5-16(13)20/h2-9H,10-12H2,1H3,(H,21,25)(H,22,23,24). The number of hydrogen-bond acceptors (Lipinski definition) is 5. The summed E-state index contributed by atoms with van der Waals surface area (Å²) in [7, 11) is 1.61. The molecule has 0 aliphatic rings. The second kappa shape index (κ2) is 9.18. The van der Waals surface area contributed by atoms with Crippen molar-refractivity contribution in [3.63, 3.8) is 0 Å². The SMILES string of the molecule is COc1ccc(-c2nc(SCC(=O)NCCc3ccccc3F)n[nH]2)cc1. The number of H-pyrrole nitrogens is 1. The van der Waals surface area contributed by atoms with Crippen LogP contribution in [0.1, 0.15) is 5.56 Å². The van der Waals surface area contributed by atoms with E-state index >= 15 is 0 Å². The lowest BCUT2D eigenvalue weighted by molar-refractivity contribution is -0.118. The predicted molar refractivity (Wildman–Crippen MR) is 102 cm³/mol. The molecule has 140 valence electrons. The maximum absolute atomic E-state index is 13.5. The summed E-state index contributed by atoms with van der Waals surface area (Å²) < 4.78 is 18.7. The minimum absolute atomic E-state index is 0.146. The van der Waals surface area contributed by atoms with Crippen LogP contribution in [-0.4, -0.2) is 40.5 Å². The number of carbonyl (C=O) groups is 1. The molecule has 0 fully saturated rings. The lowest BCUT2D eigenvalue weighted by atomic mass is 10.1. The van der Waals surface area contributed by atoms with E-state index in [1.807, 2.05) is 24.3 Å². The van der Waals surface area contributed by atoms with Crippen molar-refractivity contribution >= 4 is 17.7 Å². The third-order valence-corrected chi connectivity index (χ3v) is 4.68. The summed E-state index contributed by atoms with van der Waals surface area (Å²) in [4.78, 5) is 16.3. The number of hydrogen-bond donors (Lipinski definition) is 2. The molecule has 0 unspecified atom stereocenters. The fraction of sp³-hybridized carbons (Fsp3) is 0.211. The van der Waals surface area contributed by atoms with Gasteiger partial charge in [0.25, 0.3) is 0 Å². The van der Waals surface area contributed by atoms with E-state index < -0.39 is 0 Å². The van der Waals surface area contributed by atoms with Crippen LogP contribution in [0.4, 0.5) is 4.39 Å². The van der Waals surface area contributed by atoms with Gasteiger partial charge in [0.2, 0.25) is 11.1 Å². The van der Waals surface area contributed by atoms with Gasteiger partial charge in [0.1, 0.15) is 11.6 Å². The Bertz CT molecular complexity index is 899. The molecular formula is C19H19FN4O2S. The molecule has 1 heterocycles. The number of aromatic amines is 1. The largest absolute Gasteiger partial charge is 0.497 e. The first-order valence-electron chi connectivity index (χ1n) is 8.35. The monoisotopic (exact) mass is 386 g/mol. The molecule has 1 amide bonds. The number of halogens is 1. The van der Waals surface area contributed by atoms with Crippen molar-refractivity contribution in [2.24, 2.45) is 0 Å². The number of carbonyl (C=O) groups excluding carboxylic acids is 1. The van der Waals surface area contributed by atoms with Gasteiger partial charge in [-0.3, -0.25) is 9.89 Å². The van der Waals surface area contributed by atoms with Crippen LogP contribution in [0.5, 0.6) is 5.75 Å². The summed E-state index contributed by atoms with van der Waals surface area (Å²) in [6, 6.07) is 14.0. The van der Waals surface area contributed by atoms with Crippen LogP contribution in [0.25, 0.3) is 11.4 Å². The maximum atomic E-state index is 13.5. The Hall–Kier alpha value is -2.87. The molecule has 0 bridgehead atoms. The van der Waals surface area contributed by atoms with Crippen LogP contribution in [0, 0.1) is 5.82 Å². The number of rotatable bonds is 8. The summed E-state index contributed by atoms with van der Waals surface area (Å²) in [5.41, 5.74) is 1.47. The fourth-order valence-corrected chi connectivity index (χ4v) is 3.04. The van der Waals surface area contributed by atoms with Gasteiger partial charge in [-0.1, -0.05) is 30.0 Å². The molecule has 3 rings (SSSR count). The lowest BCUT2D eigenvalue weighted by Gasteiger charge is -2.05. The number of ether oxygens (including phenoxy) is 1. The Morgan fingerprint density at radius 1 is 1.22 bits per heavy atom. The summed E-state index contributed by atoms with van der Waals surface area (Å²) in [5.74, 6) is 1.18. The van der Waals surface area contributed by atoms with Crippen molar-refractivity contribution in [3.8, 4) is 17.1 Å². The van der Waals surface area contributed by atoms with Gasteiger partial charge >= 0.3 is 0 Å². The molecule has 0 saturated heterocycles. The van der Waals surface area contributed by atoms with Gasteiger partial charge in [-0.15, -0.1) is 5.10 Å². The number of benzene rings is 2. The van der Waals surface area contributed by atoms with Gasteiger partial charge in [0.15, 0.2) is 5.82 Å². The van der Waals surface area contributed by atoms with Crippen molar-refractivity contribution in [3.05, 3.63) is 59.9 Å². The summed E-state index contributed by atoms with van der Waals surface area (Å²) in [6.07, 6.45) is 0.450. The van der Waals surface area contributed by atoms with Crippen LogP contribution in [0.3, 0.4) is 0 Å². The first-order chi connectivity index (χ1) is 13.2. The second-order valence-corrected chi connectivity index (χ2v) is 6.62. The average molecular weight is 386 g/mol. The third-order valence-electron chi connectivity index (χ3n) is 3.84. The number of thioether (sulfide) groups is 1. The van der Waals surface area contributed by atoms with E-state index in [2.05, 4.69) is 20.5 Å². The molecule has 3 aromatic rings. The van der Waals surface area contributed by atoms with Crippen molar-refractivity contribution < 1.29 is 13.9 Å². The number of methoxy groups -OCH3 is 1. The normalized spacial score (nSPS) is 10.6. The minimum atomic E-state index is -0.257. The molecule has 0 atom stereocenters. The first kappa shape index (κ1) is 18.9. The number of nitrogens with zero attached hydrogens (tertiary/aromatic N) is 2. The van der Waals surface area contributed by atoms with Crippen LogP contribution in [-0.2, 0) is 11.2 Å². The number of nitrogens with one attached hydrogen (secondary N) is 2. The number of amides is 1. The van der Waals surface area contributed by atoms with Gasteiger partial charge in [-0.25, -0.2) is 9.37 Å². The highest BCUT2D eigenvalue weighted by Crippen LogP contribution is 2.21. The zero-order chi connectivity index (χ0) is 19.1. The molecule has 2 N–H and O–H groups in total. The van der Waals surface area contributed by atoms with Gasteiger partial charge < -0.3 is 10.1 Å². The number of aromatic nitrogens is 3. The minimum Gasteiger partial charge on any atom is -0.497 e. The summed E-state index contributed by atoms with van der Waals surface area (Å²) >= 11 is 1.24. The molecule has 2 aromatic carbocycles. The highest BCUT2D eigenvalue weighted by Gasteiger charge is 2.09. The van der Waals surface area contributed by atoms with Crippen molar-refractivity contribution in [2.75, 3.05) is 19.4 Å². The highest BCUT2D eigenvalue weighted by atomic mass is 32.2. The second-order valence-electron chi connectivity index (χ2n) is 5.68. The third kappa shape index (κ3) is 5.30. The van der Waals surface area contributed by atoms with Gasteiger partial charge in [0, 0.05) is 12.1 Å². The zero-order valence-electron chi connectivity index (χ0n) is 14.7.